The Hall–Kier alpha value is -2.27. The predicted molar refractivity (Wildman–Crippen MR) is 93.5 cm³/mol. The fraction of sp³-hybridized carbons (Fsp3) is 0.294. The van der Waals surface area contributed by atoms with Crippen molar-refractivity contribution in [2.24, 2.45) is 0 Å². The zero-order valence-corrected chi connectivity index (χ0v) is 14.2. The SMILES string of the molecule is COc1ccc2c(NCCn3cnc(C)c3C)nc(Cl)cc2c1. The number of methoxy groups -OCH3 is 1. The van der Waals surface area contributed by atoms with Crippen LogP contribution in [0.1, 0.15) is 11.4 Å². The summed E-state index contributed by atoms with van der Waals surface area (Å²) in [5.41, 5.74) is 2.24. The van der Waals surface area contributed by atoms with E-state index in [1.165, 1.54) is 5.69 Å². The van der Waals surface area contributed by atoms with Crippen molar-refractivity contribution >= 4 is 28.2 Å². The highest BCUT2D eigenvalue weighted by Gasteiger charge is 2.07. The van der Waals surface area contributed by atoms with Gasteiger partial charge in [-0.15, -0.1) is 0 Å². The number of hydrogen-bond acceptors (Lipinski definition) is 4. The summed E-state index contributed by atoms with van der Waals surface area (Å²) in [6.07, 6.45) is 1.86. The first kappa shape index (κ1) is 15.6. The number of fused-ring (bicyclic) bond motifs is 1. The lowest BCUT2D eigenvalue weighted by Crippen LogP contribution is -2.12. The molecular formula is C17H19ClN4O. The summed E-state index contributed by atoms with van der Waals surface area (Å²) in [5, 5.41) is 5.85. The molecule has 2 heterocycles. The maximum atomic E-state index is 6.14. The molecule has 0 spiro atoms. The smallest absolute Gasteiger partial charge is 0.135 e. The number of pyridine rings is 1. The van der Waals surface area contributed by atoms with Crippen molar-refractivity contribution in [3.63, 3.8) is 0 Å². The third-order valence-electron chi connectivity index (χ3n) is 4.00. The largest absolute Gasteiger partial charge is 0.497 e. The predicted octanol–water partition coefficient (Wildman–Crippen LogP) is 3.82. The Morgan fingerprint density at radius 1 is 1.26 bits per heavy atom. The number of rotatable bonds is 5. The van der Waals surface area contributed by atoms with Gasteiger partial charge in [0.1, 0.15) is 16.7 Å². The zero-order chi connectivity index (χ0) is 16.4. The lowest BCUT2D eigenvalue weighted by Gasteiger charge is -2.11. The number of ether oxygens (including phenoxy) is 1. The summed E-state index contributed by atoms with van der Waals surface area (Å²) in [6.45, 7) is 5.64. The van der Waals surface area contributed by atoms with Crippen LogP contribution in [0.25, 0.3) is 10.8 Å². The number of nitrogens with zero attached hydrogens (tertiary/aromatic N) is 3. The average Bonchev–Trinajstić information content (AvgIpc) is 2.86. The molecule has 1 N–H and O–H groups in total. The van der Waals surface area contributed by atoms with Crippen LogP contribution in [0.5, 0.6) is 5.75 Å². The van der Waals surface area contributed by atoms with Gasteiger partial charge < -0.3 is 14.6 Å². The molecular weight excluding hydrogens is 312 g/mol. The van der Waals surface area contributed by atoms with Crippen LogP contribution < -0.4 is 10.1 Å². The van der Waals surface area contributed by atoms with Crippen molar-refractivity contribution in [1.29, 1.82) is 0 Å². The van der Waals surface area contributed by atoms with E-state index in [1.54, 1.807) is 7.11 Å². The molecule has 23 heavy (non-hydrogen) atoms. The summed E-state index contributed by atoms with van der Waals surface area (Å²) >= 11 is 6.14. The van der Waals surface area contributed by atoms with E-state index >= 15 is 0 Å². The van der Waals surface area contributed by atoms with E-state index < -0.39 is 0 Å². The first-order valence-corrected chi connectivity index (χ1v) is 7.83. The zero-order valence-electron chi connectivity index (χ0n) is 13.4. The Bertz CT molecular complexity index is 844. The van der Waals surface area contributed by atoms with Crippen molar-refractivity contribution in [2.45, 2.75) is 20.4 Å². The summed E-state index contributed by atoms with van der Waals surface area (Å²) in [5.74, 6) is 1.58. The third-order valence-corrected chi connectivity index (χ3v) is 4.19. The van der Waals surface area contributed by atoms with Crippen LogP contribution >= 0.6 is 11.6 Å². The standard InChI is InChI=1S/C17H19ClN4O/c1-11-12(2)22(10-20-11)7-6-19-17-15-5-4-14(23-3)8-13(15)9-16(18)21-17/h4-5,8-10H,6-7H2,1-3H3,(H,19,21). The number of nitrogens with one attached hydrogen (secondary N) is 1. The molecule has 5 nitrogen and oxygen atoms in total. The van der Waals surface area contributed by atoms with Gasteiger partial charge in [-0.05, 0) is 43.5 Å². The number of imidazole rings is 1. The number of anilines is 1. The van der Waals surface area contributed by atoms with E-state index in [2.05, 4.69) is 26.8 Å². The fourth-order valence-electron chi connectivity index (χ4n) is 2.53. The number of hydrogen-bond donors (Lipinski definition) is 1. The van der Waals surface area contributed by atoms with Crippen LogP contribution in [0.15, 0.2) is 30.6 Å². The molecule has 0 aliphatic rings. The van der Waals surface area contributed by atoms with Gasteiger partial charge in [0.05, 0.1) is 19.1 Å². The van der Waals surface area contributed by atoms with Crippen LogP contribution in [0.3, 0.4) is 0 Å². The minimum atomic E-state index is 0.461. The summed E-state index contributed by atoms with van der Waals surface area (Å²) in [7, 11) is 1.65. The second-order valence-electron chi connectivity index (χ2n) is 5.42. The van der Waals surface area contributed by atoms with Gasteiger partial charge in [-0.3, -0.25) is 0 Å². The quantitative estimate of drug-likeness (QED) is 0.722. The third kappa shape index (κ3) is 3.24. The van der Waals surface area contributed by atoms with E-state index in [0.29, 0.717) is 5.15 Å². The van der Waals surface area contributed by atoms with E-state index in [9.17, 15) is 0 Å². The molecule has 0 saturated carbocycles. The first-order valence-electron chi connectivity index (χ1n) is 7.45. The van der Waals surface area contributed by atoms with E-state index in [-0.39, 0.29) is 0 Å². The van der Waals surface area contributed by atoms with Crippen LogP contribution in [0.4, 0.5) is 5.82 Å². The van der Waals surface area contributed by atoms with Gasteiger partial charge in [0, 0.05) is 24.2 Å². The van der Waals surface area contributed by atoms with Gasteiger partial charge in [0.15, 0.2) is 0 Å². The van der Waals surface area contributed by atoms with Crippen LogP contribution in [0.2, 0.25) is 5.15 Å². The maximum Gasteiger partial charge on any atom is 0.135 e. The van der Waals surface area contributed by atoms with Crippen molar-refractivity contribution < 1.29 is 4.74 Å². The fourth-order valence-corrected chi connectivity index (χ4v) is 2.73. The minimum Gasteiger partial charge on any atom is -0.497 e. The van der Waals surface area contributed by atoms with Crippen LogP contribution in [0, 0.1) is 13.8 Å². The van der Waals surface area contributed by atoms with Crippen molar-refractivity contribution in [3.8, 4) is 5.75 Å². The minimum absolute atomic E-state index is 0.461. The van der Waals surface area contributed by atoms with E-state index in [1.807, 2.05) is 37.5 Å². The van der Waals surface area contributed by atoms with E-state index in [0.717, 1.165) is 41.1 Å². The Balaban J connectivity index is 1.80. The Labute approximate surface area is 140 Å². The molecule has 6 heteroatoms. The van der Waals surface area contributed by atoms with Gasteiger partial charge >= 0.3 is 0 Å². The summed E-state index contributed by atoms with van der Waals surface area (Å²) in [6, 6.07) is 7.71. The summed E-state index contributed by atoms with van der Waals surface area (Å²) in [4.78, 5) is 8.71. The lowest BCUT2D eigenvalue weighted by atomic mass is 10.1. The monoisotopic (exact) mass is 330 g/mol. The average molecular weight is 331 g/mol. The van der Waals surface area contributed by atoms with E-state index in [4.69, 9.17) is 16.3 Å². The molecule has 3 rings (SSSR count). The van der Waals surface area contributed by atoms with Crippen LogP contribution in [-0.2, 0) is 6.54 Å². The topological polar surface area (TPSA) is 52.0 Å². The molecule has 1 aromatic carbocycles. The number of aryl methyl sites for hydroxylation is 1. The molecule has 0 amide bonds. The maximum absolute atomic E-state index is 6.14. The second kappa shape index (κ2) is 6.46. The molecule has 0 aliphatic heterocycles. The van der Waals surface area contributed by atoms with Gasteiger partial charge in [-0.1, -0.05) is 11.6 Å². The Morgan fingerprint density at radius 2 is 2.09 bits per heavy atom. The van der Waals surface area contributed by atoms with Gasteiger partial charge in [0.25, 0.3) is 0 Å². The number of aromatic nitrogens is 3. The van der Waals surface area contributed by atoms with Crippen molar-refractivity contribution in [3.05, 3.63) is 47.1 Å². The van der Waals surface area contributed by atoms with Gasteiger partial charge in [-0.25, -0.2) is 9.97 Å². The highest BCUT2D eigenvalue weighted by atomic mass is 35.5. The van der Waals surface area contributed by atoms with Gasteiger partial charge in [0.2, 0.25) is 0 Å². The molecule has 0 bridgehead atoms. The molecule has 0 aliphatic carbocycles. The lowest BCUT2D eigenvalue weighted by molar-refractivity contribution is 0.415. The van der Waals surface area contributed by atoms with Crippen LogP contribution in [-0.4, -0.2) is 28.2 Å². The van der Waals surface area contributed by atoms with Crippen molar-refractivity contribution in [2.75, 3.05) is 19.0 Å². The first-order chi connectivity index (χ1) is 11.1. The van der Waals surface area contributed by atoms with Gasteiger partial charge in [-0.2, -0.15) is 0 Å². The second-order valence-corrected chi connectivity index (χ2v) is 5.80. The number of benzene rings is 1. The molecule has 0 atom stereocenters. The highest BCUT2D eigenvalue weighted by molar-refractivity contribution is 6.30. The number of halogens is 1. The molecule has 0 unspecified atom stereocenters. The Morgan fingerprint density at radius 3 is 2.78 bits per heavy atom. The van der Waals surface area contributed by atoms with Crippen molar-refractivity contribution in [1.82, 2.24) is 14.5 Å². The molecule has 2 aromatic heterocycles. The summed E-state index contributed by atoms with van der Waals surface area (Å²) < 4.78 is 7.39. The highest BCUT2D eigenvalue weighted by Crippen LogP contribution is 2.28. The molecule has 0 fully saturated rings. The molecule has 0 saturated heterocycles. The molecule has 0 radical (unpaired) electrons. The molecule has 3 aromatic rings. The Kier molecular flexibility index (Phi) is 4.39. The molecule has 120 valence electrons. The normalized spacial score (nSPS) is 11.0.